The Balaban J connectivity index is -0.000000115. The highest BCUT2D eigenvalue weighted by atomic mass is 35.5. The van der Waals surface area contributed by atoms with Crippen molar-refractivity contribution in [3.8, 4) is 6.07 Å². The summed E-state index contributed by atoms with van der Waals surface area (Å²) in [6.07, 6.45) is 0. The molecule has 0 rings (SSSR count). The summed E-state index contributed by atoms with van der Waals surface area (Å²) in [6.45, 7) is 2.96. The van der Waals surface area contributed by atoms with Crippen LogP contribution in [-0.4, -0.2) is 30.2 Å². The minimum Gasteiger partial charge on any atom is -0.349 e. The van der Waals surface area contributed by atoms with Gasteiger partial charge in [0.15, 0.2) is 0 Å². The molecule has 0 atom stereocenters. The zero-order chi connectivity index (χ0) is 10.6. The quantitative estimate of drug-likeness (QED) is 0.578. The molecule has 0 bridgehead atoms. The van der Waals surface area contributed by atoms with Crippen LogP contribution in [0.25, 0.3) is 0 Å². The first-order chi connectivity index (χ1) is 5.47. The van der Waals surface area contributed by atoms with Gasteiger partial charge >= 0.3 is 0 Å². The van der Waals surface area contributed by atoms with Crippen molar-refractivity contribution in [3.05, 3.63) is 0 Å². The van der Waals surface area contributed by atoms with Crippen LogP contribution >= 0.6 is 23.2 Å². The van der Waals surface area contributed by atoms with Gasteiger partial charge in [0.1, 0.15) is 0 Å². The lowest BCUT2D eigenvalue weighted by molar-refractivity contribution is -0.126. The zero-order valence-corrected chi connectivity index (χ0v) is 9.28. The maximum atomic E-state index is 10.1. The third-order valence-electron chi connectivity index (χ3n) is 0.630. The molecule has 0 N–H and O–H groups in total. The highest BCUT2D eigenvalue weighted by molar-refractivity contribution is 6.40. The lowest BCUT2D eigenvalue weighted by Gasteiger charge is -2.02. The van der Waals surface area contributed by atoms with E-state index in [0.29, 0.717) is 0 Å². The number of amides is 1. The van der Waals surface area contributed by atoms with Crippen LogP contribution in [0.15, 0.2) is 0 Å². The molecule has 0 aliphatic heterocycles. The van der Waals surface area contributed by atoms with E-state index in [1.165, 1.54) is 18.7 Å². The second-order valence-corrected chi connectivity index (χ2v) is 2.55. The fourth-order valence-electron chi connectivity index (χ4n) is 0. The maximum absolute atomic E-state index is 10.1. The molecular weight excluding hydrogens is 199 g/mol. The highest BCUT2D eigenvalue weighted by Gasteiger charge is 1.87. The van der Waals surface area contributed by atoms with E-state index in [-0.39, 0.29) is 11.2 Å². The zero-order valence-electron chi connectivity index (χ0n) is 7.77. The van der Waals surface area contributed by atoms with E-state index >= 15 is 0 Å². The van der Waals surface area contributed by atoms with Gasteiger partial charge in [0.05, 0.1) is 11.4 Å². The highest BCUT2D eigenvalue weighted by Crippen LogP contribution is 1.73. The van der Waals surface area contributed by atoms with Crippen molar-refractivity contribution in [2.24, 2.45) is 0 Å². The molecule has 0 saturated carbocycles. The maximum Gasteiger partial charge on any atom is 0.218 e. The van der Waals surface area contributed by atoms with Crippen LogP contribution in [0.1, 0.15) is 13.8 Å². The molecule has 0 radical (unpaired) electrons. The van der Waals surface area contributed by atoms with E-state index in [4.69, 9.17) is 28.5 Å². The third-order valence-corrected chi connectivity index (χ3v) is 0.630. The summed E-state index contributed by atoms with van der Waals surface area (Å²) in [5.41, 5.74) is 0. The molecule has 0 aromatic heterocycles. The first-order valence-corrected chi connectivity index (χ1v) is 4.15. The molecule has 72 valence electrons. The fourth-order valence-corrected chi connectivity index (χ4v) is 0. The molecule has 3 nitrogen and oxygen atoms in total. The van der Waals surface area contributed by atoms with Crippen LogP contribution in [0.2, 0.25) is 0 Å². The summed E-state index contributed by atoms with van der Waals surface area (Å²) in [6, 6.07) is 1.75. The molecular formula is C7H14Cl2N2O. The van der Waals surface area contributed by atoms with Crippen LogP contribution < -0.4 is 0 Å². The molecule has 0 aromatic rings. The number of halogens is 2. The standard InChI is InChI=1S/C4H9NO.C2H3N.CH2Cl2/c1-4(6)5(2)3;1-2-3;2-1-3/h1-3H3;1H3;1H2. The van der Waals surface area contributed by atoms with Gasteiger partial charge in [0.25, 0.3) is 0 Å². The number of carbonyl (C=O) groups excluding carboxylic acids is 1. The number of carbonyl (C=O) groups is 1. The number of alkyl halides is 2. The molecule has 0 heterocycles. The van der Waals surface area contributed by atoms with Gasteiger partial charge in [-0.25, -0.2) is 0 Å². The van der Waals surface area contributed by atoms with E-state index in [2.05, 4.69) is 0 Å². The molecule has 0 aliphatic rings. The van der Waals surface area contributed by atoms with Gasteiger partial charge in [-0.05, 0) is 0 Å². The summed E-state index contributed by atoms with van der Waals surface area (Å²) in [5, 5.41) is 7.51. The van der Waals surface area contributed by atoms with Gasteiger partial charge in [-0.1, -0.05) is 0 Å². The summed E-state index contributed by atoms with van der Waals surface area (Å²) >= 11 is 9.53. The predicted molar refractivity (Wildman–Crippen MR) is 52.2 cm³/mol. The van der Waals surface area contributed by atoms with Crippen molar-refractivity contribution in [2.45, 2.75) is 13.8 Å². The van der Waals surface area contributed by atoms with Crippen molar-refractivity contribution in [2.75, 3.05) is 19.4 Å². The average molecular weight is 213 g/mol. The van der Waals surface area contributed by atoms with Gasteiger partial charge in [-0.15, -0.1) is 23.2 Å². The number of rotatable bonds is 0. The average Bonchev–Trinajstić information content (AvgIpc) is 1.90. The van der Waals surface area contributed by atoms with Crippen LogP contribution in [0.4, 0.5) is 0 Å². The Morgan fingerprint density at radius 3 is 1.58 bits per heavy atom. The number of nitrogens with zero attached hydrogens (tertiary/aromatic N) is 2. The predicted octanol–water partition coefficient (Wildman–Crippen LogP) is 2.05. The third kappa shape index (κ3) is 55.5. The van der Waals surface area contributed by atoms with Crippen molar-refractivity contribution in [1.29, 1.82) is 5.26 Å². The summed E-state index contributed by atoms with van der Waals surface area (Å²) in [5.74, 6) is 0.0926. The van der Waals surface area contributed by atoms with Crippen molar-refractivity contribution in [1.82, 2.24) is 4.90 Å². The summed E-state index contributed by atoms with van der Waals surface area (Å²) in [4.78, 5) is 11.6. The minimum absolute atomic E-state index is 0.0926. The Labute approximate surface area is 83.9 Å². The largest absolute Gasteiger partial charge is 0.349 e. The van der Waals surface area contributed by atoms with E-state index in [0.717, 1.165) is 0 Å². The SMILES string of the molecule is CC#N.CC(=O)N(C)C.ClCCl. The van der Waals surface area contributed by atoms with Gasteiger partial charge in [-0.2, -0.15) is 5.26 Å². The van der Waals surface area contributed by atoms with E-state index < -0.39 is 0 Å². The molecule has 0 aromatic carbocycles. The summed E-state index contributed by atoms with van der Waals surface area (Å²) < 4.78 is 0. The van der Waals surface area contributed by atoms with E-state index in [9.17, 15) is 4.79 Å². The van der Waals surface area contributed by atoms with Crippen molar-refractivity contribution >= 4 is 29.1 Å². The Bertz CT molecular complexity index is 132. The monoisotopic (exact) mass is 212 g/mol. The smallest absolute Gasteiger partial charge is 0.218 e. The number of hydrogen-bond acceptors (Lipinski definition) is 2. The lowest BCUT2D eigenvalue weighted by Crippen LogP contribution is -2.17. The number of nitriles is 1. The van der Waals surface area contributed by atoms with Gasteiger partial charge < -0.3 is 4.90 Å². The Kier molecular flexibility index (Phi) is 24.7. The van der Waals surface area contributed by atoms with Crippen LogP contribution in [0.5, 0.6) is 0 Å². The van der Waals surface area contributed by atoms with Gasteiger partial charge in [-0.3, -0.25) is 4.79 Å². The molecule has 0 aliphatic carbocycles. The Morgan fingerprint density at radius 1 is 1.50 bits per heavy atom. The molecule has 0 spiro atoms. The molecule has 0 unspecified atom stereocenters. The first-order valence-electron chi connectivity index (χ1n) is 3.08. The van der Waals surface area contributed by atoms with E-state index in [1.807, 2.05) is 0 Å². The van der Waals surface area contributed by atoms with Crippen LogP contribution in [0.3, 0.4) is 0 Å². The normalized spacial score (nSPS) is 6.08. The second kappa shape index (κ2) is 16.9. The van der Waals surface area contributed by atoms with Gasteiger partial charge in [0.2, 0.25) is 5.91 Å². The summed E-state index contributed by atoms with van der Waals surface area (Å²) in [7, 11) is 3.45. The van der Waals surface area contributed by atoms with Crippen LogP contribution in [-0.2, 0) is 4.79 Å². The molecule has 0 fully saturated rings. The van der Waals surface area contributed by atoms with Crippen molar-refractivity contribution in [3.63, 3.8) is 0 Å². The Hall–Kier alpha value is -0.460. The second-order valence-electron chi connectivity index (χ2n) is 1.74. The van der Waals surface area contributed by atoms with Crippen LogP contribution in [0, 0.1) is 11.3 Å². The van der Waals surface area contributed by atoms with E-state index in [1.54, 1.807) is 20.2 Å². The first kappa shape index (κ1) is 17.6. The molecule has 12 heavy (non-hydrogen) atoms. The topological polar surface area (TPSA) is 44.1 Å². The minimum atomic E-state index is 0.0926. The molecule has 5 heteroatoms. The lowest BCUT2D eigenvalue weighted by atomic mass is 10.7. The van der Waals surface area contributed by atoms with Crippen molar-refractivity contribution < 1.29 is 4.79 Å². The fraction of sp³-hybridized carbons (Fsp3) is 0.714. The number of hydrogen-bond donors (Lipinski definition) is 0. The van der Waals surface area contributed by atoms with Gasteiger partial charge in [0, 0.05) is 27.9 Å². The molecule has 1 amide bonds. The molecule has 0 saturated heterocycles. The Morgan fingerprint density at radius 2 is 1.58 bits per heavy atom.